The Morgan fingerprint density at radius 3 is 2.41 bits per heavy atom. The van der Waals surface area contributed by atoms with Crippen molar-refractivity contribution in [3.63, 3.8) is 0 Å². The number of H-pyrrole nitrogens is 1. The Balaban J connectivity index is 1.79. The number of hydrogen-bond acceptors (Lipinski definition) is 7. The molecule has 10 nitrogen and oxygen atoms in total. The Kier molecular flexibility index (Phi) is 6.07. The van der Waals surface area contributed by atoms with Gasteiger partial charge in [0.2, 0.25) is 5.69 Å². The summed E-state index contributed by atoms with van der Waals surface area (Å²) >= 11 is 19.1. The Labute approximate surface area is 205 Å². The smallest absolute Gasteiger partial charge is 0.362 e. The number of benzene rings is 2. The molecule has 2 heterocycles. The first-order valence-corrected chi connectivity index (χ1v) is 10.7. The second-order valence-electron chi connectivity index (χ2n) is 7.67. The Bertz CT molecular complexity index is 1530. The molecule has 0 saturated heterocycles. The van der Waals surface area contributed by atoms with Crippen LogP contribution in [0.4, 0.5) is 0 Å². The fourth-order valence-electron chi connectivity index (χ4n) is 3.32. The highest BCUT2D eigenvalue weighted by atomic mass is 35.5. The van der Waals surface area contributed by atoms with Crippen molar-refractivity contribution in [3.05, 3.63) is 89.4 Å². The van der Waals surface area contributed by atoms with Crippen molar-refractivity contribution in [2.75, 3.05) is 0 Å². The third-order valence-corrected chi connectivity index (χ3v) is 5.81. The monoisotopic (exact) mass is 521 g/mol. The van der Waals surface area contributed by atoms with Crippen molar-refractivity contribution in [2.24, 2.45) is 0 Å². The highest BCUT2D eigenvalue weighted by molar-refractivity contribution is 6.36. The topological polar surface area (TPSA) is 144 Å². The lowest BCUT2D eigenvalue weighted by molar-refractivity contribution is 0.0685. The number of nitrogens with zero attached hydrogens (tertiary/aromatic N) is 4. The molecular weight excluding hydrogens is 509 g/mol. The van der Waals surface area contributed by atoms with Gasteiger partial charge in [-0.2, -0.15) is 14.8 Å². The molecule has 0 atom stereocenters. The molecule has 0 bridgehead atoms. The van der Waals surface area contributed by atoms with Crippen LogP contribution in [0.15, 0.2) is 50.5 Å². The van der Waals surface area contributed by atoms with Gasteiger partial charge in [0.25, 0.3) is 11.4 Å². The number of carboxylic acid groups (broad SMARTS) is 1. The van der Waals surface area contributed by atoms with Crippen molar-refractivity contribution in [3.8, 4) is 17.1 Å². The van der Waals surface area contributed by atoms with E-state index in [1.54, 1.807) is 38.1 Å². The minimum Gasteiger partial charge on any atom is -0.476 e. The summed E-state index contributed by atoms with van der Waals surface area (Å²) < 4.78 is 6.08. The predicted molar refractivity (Wildman–Crippen MR) is 124 cm³/mol. The molecule has 0 radical (unpaired) electrons. The van der Waals surface area contributed by atoms with Crippen LogP contribution in [0, 0.1) is 0 Å². The average molecular weight is 523 g/mol. The standard InChI is InChI=1S/C21H14Cl3N5O5/c1-21(2,19-26-17(34-28-19)9-4-3-5-10(22)6-9)14-12(23)7-11(8-13(14)24)29-20(33)25-16(30)15(27-29)18(31)32/h3-8H,1-2H3,(H,31,32)(H,25,30,33). The first-order chi connectivity index (χ1) is 16.0. The SMILES string of the molecule is CC(C)(c1noc(-c2cccc(Cl)c2)n1)c1c(Cl)cc(-n2nc(C(=O)O)c(=O)[nH]c2=O)cc1Cl. The lowest BCUT2D eigenvalue weighted by atomic mass is 9.83. The van der Waals surface area contributed by atoms with E-state index in [4.69, 9.17) is 44.4 Å². The van der Waals surface area contributed by atoms with Crippen LogP contribution in [0.3, 0.4) is 0 Å². The Morgan fingerprint density at radius 2 is 1.79 bits per heavy atom. The minimum atomic E-state index is -1.60. The van der Waals surface area contributed by atoms with Crippen LogP contribution < -0.4 is 11.2 Å². The van der Waals surface area contributed by atoms with Gasteiger partial charge in [0.05, 0.1) is 11.1 Å². The summed E-state index contributed by atoms with van der Waals surface area (Å²) in [7, 11) is 0. The Morgan fingerprint density at radius 1 is 1.12 bits per heavy atom. The molecule has 34 heavy (non-hydrogen) atoms. The predicted octanol–water partition coefficient (Wildman–Crippen LogP) is 3.96. The molecule has 0 spiro atoms. The molecule has 0 saturated carbocycles. The quantitative estimate of drug-likeness (QED) is 0.401. The van der Waals surface area contributed by atoms with Gasteiger partial charge in [0, 0.05) is 26.2 Å². The molecule has 0 fully saturated rings. The van der Waals surface area contributed by atoms with E-state index in [1.807, 2.05) is 4.98 Å². The number of aromatic amines is 1. The van der Waals surface area contributed by atoms with Crippen molar-refractivity contribution in [2.45, 2.75) is 19.3 Å². The first kappa shape index (κ1) is 23.7. The number of nitrogens with one attached hydrogen (secondary N) is 1. The molecule has 13 heteroatoms. The van der Waals surface area contributed by atoms with E-state index in [0.717, 1.165) is 0 Å². The van der Waals surface area contributed by atoms with Crippen LogP contribution >= 0.6 is 34.8 Å². The third-order valence-electron chi connectivity index (χ3n) is 4.98. The molecule has 0 unspecified atom stereocenters. The average Bonchev–Trinajstić information content (AvgIpc) is 3.24. The number of hydrogen-bond donors (Lipinski definition) is 2. The zero-order valence-electron chi connectivity index (χ0n) is 17.5. The summed E-state index contributed by atoms with van der Waals surface area (Å²) in [6, 6.07) is 9.64. The fourth-order valence-corrected chi connectivity index (χ4v) is 4.46. The van der Waals surface area contributed by atoms with Gasteiger partial charge in [-0.1, -0.05) is 46.0 Å². The number of rotatable bonds is 5. The highest BCUT2D eigenvalue weighted by Crippen LogP contribution is 2.41. The van der Waals surface area contributed by atoms with E-state index in [0.29, 0.717) is 20.8 Å². The van der Waals surface area contributed by atoms with E-state index in [-0.39, 0.29) is 27.4 Å². The molecule has 0 aliphatic heterocycles. The second-order valence-corrected chi connectivity index (χ2v) is 8.92. The minimum absolute atomic E-state index is 0.0472. The maximum atomic E-state index is 12.2. The third kappa shape index (κ3) is 4.23. The number of aromatic carboxylic acids is 1. The van der Waals surface area contributed by atoms with Gasteiger partial charge in [-0.05, 0) is 44.2 Å². The largest absolute Gasteiger partial charge is 0.476 e. The summed E-state index contributed by atoms with van der Waals surface area (Å²) in [6.45, 7) is 3.55. The van der Waals surface area contributed by atoms with Gasteiger partial charge in [-0.15, -0.1) is 0 Å². The molecule has 0 amide bonds. The van der Waals surface area contributed by atoms with Crippen LogP contribution in [0.25, 0.3) is 17.1 Å². The molecular formula is C21H14Cl3N5O5. The van der Waals surface area contributed by atoms with Gasteiger partial charge >= 0.3 is 11.7 Å². The summed E-state index contributed by atoms with van der Waals surface area (Å²) in [6.07, 6.45) is 0. The number of aromatic nitrogens is 5. The van der Waals surface area contributed by atoms with Crippen molar-refractivity contribution >= 4 is 40.8 Å². The zero-order chi connectivity index (χ0) is 24.8. The van der Waals surface area contributed by atoms with Crippen LogP contribution in [-0.2, 0) is 5.41 Å². The van der Waals surface area contributed by atoms with Crippen LogP contribution in [0.1, 0.15) is 35.7 Å². The van der Waals surface area contributed by atoms with Crippen LogP contribution in [0.2, 0.25) is 15.1 Å². The highest BCUT2D eigenvalue weighted by Gasteiger charge is 2.34. The van der Waals surface area contributed by atoms with Gasteiger partial charge in [-0.3, -0.25) is 9.78 Å². The summed E-state index contributed by atoms with van der Waals surface area (Å²) in [5.41, 5.74) is -2.79. The van der Waals surface area contributed by atoms with Gasteiger partial charge in [0.15, 0.2) is 5.82 Å². The van der Waals surface area contributed by atoms with Crippen LogP contribution in [0.5, 0.6) is 0 Å². The van der Waals surface area contributed by atoms with E-state index < -0.39 is 28.3 Å². The fraction of sp³-hybridized carbons (Fsp3) is 0.143. The van der Waals surface area contributed by atoms with E-state index >= 15 is 0 Å². The molecule has 2 aromatic heterocycles. The maximum absolute atomic E-state index is 12.2. The molecule has 4 rings (SSSR count). The van der Waals surface area contributed by atoms with Crippen molar-refractivity contribution < 1.29 is 14.4 Å². The second kappa shape index (κ2) is 8.71. The number of carboxylic acids is 1. The molecule has 0 aliphatic rings. The molecule has 2 aromatic carbocycles. The lowest BCUT2D eigenvalue weighted by Gasteiger charge is -2.24. The van der Waals surface area contributed by atoms with Gasteiger partial charge < -0.3 is 9.63 Å². The van der Waals surface area contributed by atoms with Crippen molar-refractivity contribution in [1.29, 1.82) is 0 Å². The number of halogens is 3. The Hall–Kier alpha value is -3.47. The molecule has 2 N–H and O–H groups in total. The van der Waals surface area contributed by atoms with E-state index in [2.05, 4.69) is 15.2 Å². The molecule has 0 aliphatic carbocycles. The van der Waals surface area contributed by atoms with E-state index in [9.17, 15) is 14.4 Å². The zero-order valence-corrected chi connectivity index (χ0v) is 19.7. The summed E-state index contributed by atoms with van der Waals surface area (Å²) in [5, 5.41) is 17.6. The van der Waals surface area contributed by atoms with Crippen LogP contribution in [-0.4, -0.2) is 36.0 Å². The first-order valence-electron chi connectivity index (χ1n) is 9.56. The lowest BCUT2D eigenvalue weighted by Crippen LogP contribution is -2.35. The normalized spacial score (nSPS) is 11.6. The molecule has 174 valence electrons. The summed E-state index contributed by atoms with van der Waals surface area (Å²) in [4.78, 5) is 41.5. The number of carbonyl (C=O) groups is 1. The van der Waals surface area contributed by atoms with E-state index in [1.165, 1.54) is 12.1 Å². The van der Waals surface area contributed by atoms with Crippen molar-refractivity contribution in [1.82, 2.24) is 24.9 Å². The van der Waals surface area contributed by atoms with Gasteiger partial charge in [0.1, 0.15) is 0 Å². The summed E-state index contributed by atoms with van der Waals surface area (Å²) in [5.74, 6) is -1.07. The van der Waals surface area contributed by atoms with Gasteiger partial charge in [-0.25, -0.2) is 9.59 Å². The molecule has 4 aromatic rings. The maximum Gasteiger partial charge on any atom is 0.362 e.